The summed E-state index contributed by atoms with van der Waals surface area (Å²) in [7, 11) is 0. The summed E-state index contributed by atoms with van der Waals surface area (Å²) in [6.45, 7) is 0. The maximum Gasteiger partial charge on any atom is 0.0339 e. The van der Waals surface area contributed by atoms with Gasteiger partial charge in [0.25, 0.3) is 0 Å². The van der Waals surface area contributed by atoms with E-state index in [0.717, 1.165) is 0 Å². The van der Waals surface area contributed by atoms with Gasteiger partial charge in [0.1, 0.15) is 0 Å². The van der Waals surface area contributed by atoms with Crippen molar-refractivity contribution in [3.8, 4) is 0 Å². The Hall–Kier alpha value is -1.52. The zero-order valence-electron chi connectivity index (χ0n) is 16.1. The molecule has 0 saturated heterocycles. The van der Waals surface area contributed by atoms with E-state index in [1.165, 1.54) is 20.9 Å². The average Bonchev–Trinajstić information content (AvgIpc) is 2.72. The molecule has 0 bridgehead atoms. The largest absolute Gasteiger partial charge is 0.0622 e. The Bertz CT molecular complexity index is 784. The number of benzene rings is 4. The molecule has 0 unspecified atom stereocenters. The van der Waals surface area contributed by atoms with Gasteiger partial charge in [0.15, 0.2) is 0 Å². The SMILES string of the molecule is [Li][c]1ccccc1.[Na].c1ccc(C(c2ccccc2)c2ccccc2)cc1. The van der Waals surface area contributed by atoms with Gasteiger partial charge in [-0.05, 0) is 16.7 Å². The molecular weight excluding hydrogens is 330 g/mol. The standard InChI is InChI=1S/C19H16.C6H5.Li.Na/c1-4-10-16(11-5-1)19(17-12-6-2-7-13-17)18-14-8-3-9-15-18;1-2-4-6-5-3-1;;/h1-15,19H;1-5H;;. The Morgan fingerprint density at radius 1 is 0.407 bits per heavy atom. The molecule has 0 spiro atoms. The van der Waals surface area contributed by atoms with Gasteiger partial charge in [-0.15, -0.1) is 0 Å². The molecule has 0 aliphatic rings. The van der Waals surface area contributed by atoms with Gasteiger partial charge in [-0.25, -0.2) is 0 Å². The Morgan fingerprint density at radius 2 is 0.667 bits per heavy atom. The van der Waals surface area contributed by atoms with Gasteiger partial charge in [0, 0.05) is 35.5 Å². The molecular formula is C25H21LiNa. The van der Waals surface area contributed by atoms with Crippen LogP contribution >= 0.6 is 0 Å². The van der Waals surface area contributed by atoms with Gasteiger partial charge >= 0.3 is 52.3 Å². The van der Waals surface area contributed by atoms with Crippen molar-refractivity contribution in [1.82, 2.24) is 0 Å². The van der Waals surface area contributed by atoms with Crippen LogP contribution in [0.4, 0.5) is 0 Å². The quantitative estimate of drug-likeness (QED) is 0.361. The minimum Gasteiger partial charge on any atom is -0.0622 e. The third kappa shape index (κ3) is 6.85. The zero-order valence-corrected chi connectivity index (χ0v) is 18.1. The molecule has 0 aromatic heterocycles. The molecule has 0 fully saturated rings. The molecule has 27 heavy (non-hydrogen) atoms. The number of hydrogen-bond donors (Lipinski definition) is 0. The summed E-state index contributed by atoms with van der Waals surface area (Å²) in [5.41, 5.74) is 4.00. The zero-order chi connectivity index (χ0) is 18.0. The van der Waals surface area contributed by atoms with Gasteiger partial charge in [0.2, 0.25) is 0 Å². The van der Waals surface area contributed by atoms with E-state index < -0.39 is 0 Å². The molecule has 0 atom stereocenters. The van der Waals surface area contributed by atoms with E-state index in [-0.39, 0.29) is 29.6 Å². The Labute approximate surface area is 194 Å². The average molecular weight is 351 g/mol. The summed E-state index contributed by atoms with van der Waals surface area (Å²) in [4.78, 5) is 0. The van der Waals surface area contributed by atoms with Crippen molar-refractivity contribution in [2.75, 3.05) is 0 Å². The van der Waals surface area contributed by atoms with Gasteiger partial charge in [-0.3, -0.25) is 0 Å². The molecule has 4 aromatic rings. The van der Waals surface area contributed by atoms with Gasteiger partial charge in [-0.1, -0.05) is 91.0 Å². The van der Waals surface area contributed by atoms with Crippen LogP contribution in [-0.2, 0) is 0 Å². The fraction of sp³-hybridized carbons (Fsp3) is 0.0400. The van der Waals surface area contributed by atoms with E-state index in [1.54, 1.807) is 0 Å². The second-order valence-electron chi connectivity index (χ2n) is 6.32. The van der Waals surface area contributed by atoms with E-state index >= 15 is 0 Å². The van der Waals surface area contributed by atoms with Crippen LogP contribution in [0.5, 0.6) is 0 Å². The van der Waals surface area contributed by atoms with Crippen molar-refractivity contribution in [3.63, 3.8) is 0 Å². The first kappa shape index (κ1) is 21.8. The molecule has 0 amide bonds. The molecule has 0 nitrogen and oxygen atoms in total. The van der Waals surface area contributed by atoms with Crippen LogP contribution in [0.3, 0.4) is 0 Å². The smallest absolute Gasteiger partial charge is 0.0339 e. The van der Waals surface area contributed by atoms with Crippen LogP contribution in [0, 0.1) is 0 Å². The molecule has 0 N–H and O–H groups in total. The fourth-order valence-corrected chi connectivity index (χ4v) is 3.05. The monoisotopic (exact) mass is 351 g/mol. The first-order valence-electron chi connectivity index (χ1n) is 9.01. The summed E-state index contributed by atoms with van der Waals surface area (Å²) in [5.74, 6) is 0.309. The van der Waals surface area contributed by atoms with Crippen LogP contribution in [0.2, 0.25) is 0 Å². The van der Waals surface area contributed by atoms with Crippen molar-refractivity contribution in [1.29, 1.82) is 0 Å². The van der Waals surface area contributed by atoms with Crippen LogP contribution in [0.1, 0.15) is 22.6 Å². The van der Waals surface area contributed by atoms with Gasteiger partial charge in [0.05, 0.1) is 0 Å². The van der Waals surface area contributed by atoms with Crippen molar-refractivity contribution >= 4 is 51.5 Å². The first-order valence-corrected chi connectivity index (χ1v) is 9.01. The Morgan fingerprint density at radius 3 is 0.889 bits per heavy atom. The molecule has 1 radical (unpaired) electrons. The minimum absolute atomic E-state index is 0. The predicted octanol–water partition coefficient (Wildman–Crippen LogP) is 4.97. The van der Waals surface area contributed by atoms with Crippen molar-refractivity contribution in [2.24, 2.45) is 0 Å². The third-order valence-corrected chi connectivity index (χ3v) is 4.34. The molecule has 0 aliphatic carbocycles. The van der Waals surface area contributed by atoms with E-state index in [1.807, 2.05) is 18.2 Å². The van der Waals surface area contributed by atoms with Crippen LogP contribution in [0.25, 0.3) is 0 Å². The maximum absolute atomic E-state index is 2.20. The Balaban J connectivity index is 0.000000278. The Kier molecular flexibility index (Phi) is 9.71. The van der Waals surface area contributed by atoms with Crippen molar-refractivity contribution in [2.45, 2.75) is 5.92 Å². The molecule has 0 heterocycles. The third-order valence-electron chi connectivity index (χ3n) is 4.34. The van der Waals surface area contributed by atoms with Gasteiger partial charge in [-0.2, -0.15) is 0 Å². The van der Waals surface area contributed by atoms with E-state index in [2.05, 4.69) is 121 Å². The van der Waals surface area contributed by atoms with Crippen LogP contribution in [-0.4, -0.2) is 47.3 Å². The van der Waals surface area contributed by atoms with Crippen molar-refractivity contribution < 1.29 is 0 Å². The summed E-state index contributed by atoms with van der Waals surface area (Å²) in [5, 5.41) is 0. The van der Waals surface area contributed by atoms with Crippen molar-refractivity contribution in [3.05, 3.63) is 138 Å². The fourth-order valence-electron chi connectivity index (χ4n) is 3.05. The summed E-state index contributed by atoms with van der Waals surface area (Å²) < 4.78 is 1.32. The van der Waals surface area contributed by atoms with E-state index in [4.69, 9.17) is 0 Å². The molecule has 0 saturated carbocycles. The molecule has 2 heteroatoms. The molecule has 4 rings (SSSR count). The first-order chi connectivity index (χ1) is 12.8. The second kappa shape index (κ2) is 12.0. The maximum atomic E-state index is 2.20. The van der Waals surface area contributed by atoms with Crippen LogP contribution in [0.15, 0.2) is 121 Å². The number of rotatable bonds is 3. The topological polar surface area (TPSA) is 0 Å². The molecule has 0 aliphatic heterocycles. The normalized spacial score (nSPS) is 9.74. The summed E-state index contributed by atoms with van der Waals surface area (Å²) in [6, 6.07) is 42.3. The number of hydrogen-bond acceptors (Lipinski definition) is 0. The summed E-state index contributed by atoms with van der Waals surface area (Å²) in [6.07, 6.45) is 0. The van der Waals surface area contributed by atoms with Crippen LogP contribution < -0.4 is 4.24 Å². The van der Waals surface area contributed by atoms with E-state index in [0.29, 0.717) is 5.92 Å². The van der Waals surface area contributed by atoms with E-state index in [9.17, 15) is 0 Å². The second-order valence-corrected chi connectivity index (χ2v) is 6.32. The predicted molar refractivity (Wildman–Crippen MR) is 118 cm³/mol. The molecule has 4 aromatic carbocycles. The summed E-state index contributed by atoms with van der Waals surface area (Å²) >= 11 is 2.08. The molecule has 123 valence electrons. The van der Waals surface area contributed by atoms with Gasteiger partial charge < -0.3 is 0 Å². The minimum atomic E-state index is 0.